The largest absolute Gasteiger partial charge is 0.481 e. The molecule has 0 aliphatic heterocycles. The van der Waals surface area contributed by atoms with Crippen molar-refractivity contribution < 1.29 is 9.90 Å². The summed E-state index contributed by atoms with van der Waals surface area (Å²) in [6.07, 6.45) is 1.76. The van der Waals surface area contributed by atoms with E-state index in [1.54, 1.807) is 10.9 Å². The van der Waals surface area contributed by atoms with E-state index < -0.39 is 5.97 Å². The Morgan fingerprint density at radius 1 is 1.57 bits per heavy atom. The molecule has 0 unspecified atom stereocenters. The van der Waals surface area contributed by atoms with Crippen molar-refractivity contribution in [2.24, 2.45) is 0 Å². The minimum absolute atomic E-state index is 0.0536. The number of carboxylic acid groups (broad SMARTS) is 1. The van der Waals surface area contributed by atoms with E-state index in [2.05, 4.69) is 10.3 Å². The first-order valence-corrected chi connectivity index (χ1v) is 4.52. The molecule has 0 spiro atoms. The molecule has 5 heteroatoms. The molecular formula is C9H15N3O2. The topological polar surface area (TPSA) is 68.0 Å². The Kier molecular flexibility index (Phi) is 2.88. The highest BCUT2D eigenvalue weighted by Gasteiger charge is 2.19. The Bertz CT molecular complexity index is 325. The number of nitrogens with zero attached hydrogens (tertiary/aromatic N) is 3. The lowest BCUT2D eigenvalue weighted by molar-refractivity contribution is -0.137. The summed E-state index contributed by atoms with van der Waals surface area (Å²) >= 11 is 0. The van der Waals surface area contributed by atoms with Gasteiger partial charge in [0.1, 0.15) is 0 Å². The molecule has 0 aliphatic rings. The number of aromatic nitrogens is 3. The van der Waals surface area contributed by atoms with Gasteiger partial charge in [-0.25, -0.2) is 4.68 Å². The normalized spacial score (nSPS) is 11.6. The third-order valence-electron chi connectivity index (χ3n) is 1.92. The Hall–Kier alpha value is -1.39. The van der Waals surface area contributed by atoms with Crippen molar-refractivity contribution in [1.82, 2.24) is 15.0 Å². The van der Waals surface area contributed by atoms with Gasteiger partial charge in [-0.2, -0.15) is 0 Å². The molecular weight excluding hydrogens is 182 g/mol. The molecule has 0 radical (unpaired) electrons. The van der Waals surface area contributed by atoms with Crippen LogP contribution < -0.4 is 0 Å². The average Bonchev–Trinajstić information content (AvgIpc) is 2.46. The third-order valence-corrected chi connectivity index (χ3v) is 1.92. The minimum Gasteiger partial charge on any atom is -0.481 e. The first-order valence-electron chi connectivity index (χ1n) is 4.52. The van der Waals surface area contributed by atoms with Crippen LogP contribution in [0.4, 0.5) is 0 Å². The lowest BCUT2D eigenvalue weighted by atomic mass is 9.93. The van der Waals surface area contributed by atoms with Crippen LogP contribution >= 0.6 is 0 Å². The summed E-state index contributed by atoms with van der Waals surface area (Å²) in [6, 6.07) is 0. The van der Waals surface area contributed by atoms with Crippen molar-refractivity contribution in [1.29, 1.82) is 0 Å². The summed E-state index contributed by atoms with van der Waals surface area (Å²) in [6.45, 7) is 6.51. The quantitative estimate of drug-likeness (QED) is 0.786. The van der Waals surface area contributed by atoms with Gasteiger partial charge in [-0.1, -0.05) is 26.0 Å². The second-order valence-electron chi connectivity index (χ2n) is 4.24. The number of carbonyl (C=O) groups is 1. The molecule has 0 saturated carbocycles. The van der Waals surface area contributed by atoms with Gasteiger partial charge in [0.2, 0.25) is 0 Å². The second-order valence-corrected chi connectivity index (χ2v) is 4.24. The van der Waals surface area contributed by atoms with Gasteiger partial charge in [0.15, 0.2) is 0 Å². The maximum Gasteiger partial charge on any atom is 0.305 e. The lowest BCUT2D eigenvalue weighted by Crippen LogP contribution is -2.19. The predicted molar refractivity (Wildman–Crippen MR) is 51.0 cm³/mol. The van der Waals surface area contributed by atoms with Crippen LogP contribution in [0, 0.1) is 0 Å². The lowest BCUT2D eigenvalue weighted by Gasteiger charge is -2.18. The van der Waals surface area contributed by atoms with Crippen molar-refractivity contribution >= 4 is 5.97 Å². The summed E-state index contributed by atoms with van der Waals surface area (Å²) in [7, 11) is 0. The van der Waals surface area contributed by atoms with E-state index >= 15 is 0 Å². The molecule has 0 fully saturated rings. The van der Waals surface area contributed by atoms with Crippen LogP contribution in [0.5, 0.6) is 0 Å². The van der Waals surface area contributed by atoms with E-state index in [9.17, 15) is 4.79 Å². The van der Waals surface area contributed by atoms with Crippen LogP contribution in [0.1, 0.15) is 32.9 Å². The maximum absolute atomic E-state index is 10.4. The molecule has 1 N–H and O–H groups in total. The number of hydrogen-bond donors (Lipinski definition) is 1. The molecule has 1 heterocycles. The van der Waals surface area contributed by atoms with Crippen molar-refractivity contribution in [2.75, 3.05) is 0 Å². The summed E-state index contributed by atoms with van der Waals surface area (Å²) in [5, 5.41) is 16.2. The number of hydrogen-bond acceptors (Lipinski definition) is 3. The van der Waals surface area contributed by atoms with E-state index in [0.29, 0.717) is 6.54 Å². The Morgan fingerprint density at radius 2 is 2.21 bits per heavy atom. The molecule has 0 saturated heterocycles. The Morgan fingerprint density at radius 3 is 2.71 bits per heavy atom. The number of aliphatic carboxylic acids is 1. The van der Waals surface area contributed by atoms with Gasteiger partial charge in [-0.15, -0.1) is 5.10 Å². The van der Waals surface area contributed by atoms with Gasteiger partial charge >= 0.3 is 5.97 Å². The molecule has 0 atom stereocenters. The van der Waals surface area contributed by atoms with Crippen LogP contribution in [0.2, 0.25) is 0 Å². The van der Waals surface area contributed by atoms with E-state index in [1.165, 1.54) is 0 Å². The first kappa shape index (κ1) is 10.7. The van der Waals surface area contributed by atoms with Crippen LogP contribution in [0.25, 0.3) is 0 Å². The molecule has 78 valence electrons. The number of aryl methyl sites for hydroxylation is 1. The minimum atomic E-state index is -0.819. The zero-order chi connectivity index (χ0) is 10.8. The fourth-order valence-electron chi connectivity index (χ4n) is 1.21. The molecule has 0 bridgehead atoms. The van der Waals surface area contributed by atoms with Crippen LogP contribution in [-0.4, -0.2) is 26.1 Å². The molecule has 0 aromatic carbocycles. The predicted octanol–water partition coefficient (Wildman–Crippen LogP) is 1.05. The maximum atomic E-state index is 10.4. The number of rotatable bonds is 3. The van der Waals surface area contributed by atoms with Crippen LogP contribution in [0.3, 0.4) is 0 Å². The van der Waals surface area contributed by atoms with E-state index in [0.717, 1.165) is 5.69 Å². The van der Waals surface area contributed by atoms with Gasteiger partial charge in [-0.05, 0) is 0 Å². The highest BCUT2D eigenvalue weighted by atomic mass is 16.4. The molecule has 1 aromatic heterocycles. The highest BCUT2D eigenvalue weighted by molar-refractivity contribution is 5.66. The standard InChI is InChI=1S/C9H15N3O2/c1-9(2,3)7-6-10-11-12(7)5-4-8(13)14/h6H,4-5H2,1-3H3,(H,13,14). The fourth-order valence-corrected chi connectivity index (χ4v) is 1.21. The van der Waals surface area contributed by atoms with Gasteiger partial charge in [0.25, 0.3) is 0 Å². The molecule has 14 heavy (non-hydrogen) atoms. The molecule has 0 aliphatic carbocycles. The van der Waals surface area contributed by atoms with Gasteiger partial charge in [0.05, 0.1) is 24.9 Å². The average molecular weight is 197 g/mol. The van der Waals surface area contributed by atoms with E-state index in [4.69, 9.17) is 5.11 Å². The monoisotopic (exact) mass is 197 g/mol. The van der Waals surface area contributed by atoms with Crippen molar-refractivity contribution in [3.05, 3.63) is 11.9 Å². The number of carboxylic acids is 1. The summed E-state index contributed by atoms with van der Waals surface area (Å²) in [4.78, 5) is 10.4. The van der Waals surface area contributed by atoms with Crippen LogP contribution in [-0.2, 0) is 16.8 Å². The Labute approximate surface area is 82.7 Å². The van der Waals surface area contributed by atoms with Crippen molar-refractivity contribution in [2.45, 2.75) is 39.2 Å². The molecule has 1 aromatic rings. The zero-order valence-electron chi connectivity index (χ0n) is 8.69. The van der Waals surface area contributed by atoms with Gasteiger partial charge in [0, 0.05) is 5.41 Å². The second kappa shape index (κ2) is 3.77. The van der Waals surface area contributed by atoms with E-state index in [1.807, 2.05) is 20.8 Å². The molecule has 0 amide bonds. The van der Waals surface area contributed by atoms with Crippen molar-refractivity contribution in [3.63, 3.8) is 0 Å². The fraction of sp³-hybridized carbons (Fsp3) is 0.667. The van der Waals surface area contributed by atoms with Crippen molar-refractivity contribution in [3.8, 4) is 0 Å². The SMILES string of the molecule is CC(C)(C)c1cnnn1CCC(=O)O. The molecule has 1 rings (SSSR count). The summed E-state index contributed by atoms with van der Waals surface area (Å²) in [5.41, 5.74) is 0.904. The Balaban J connectivity index is 2.78. The summed E-state index contributed by atoms with van der Waals surface area (Å²) < 4.78 is 1.65. The van der Waals surface area contributed by atoms with Gasteiger partial charge < -0.3 is 5.11 Å². The summed E-state index contributed by atoms with van der Waals surface area (Å²) in [5.74, 6) is -0.819. The zero-order valence-corrected chi connectivity index (χ0v) is 8.69. The third kappa shape index (κ3) is 2.55. The van der Waals surface area contributed by atoms with Crippen LogP contribution in [0.15, 0.2) is 6.20 Å². The highest BCUT2D eigenvalue weighted by Crippen LogP contribution is 2.20. The van der Waals surface area contributed by atoms with Gasteiger partial charge in [-0.3, -0.25) is 4.79 Å². The smallest absolute Gasteiger partial charge is 0.305 e. The molecule has 5 nitrogen and oxygen atoms in total. The van der Waals surface area contributed by atoms with E-state index in [-0.39, 0.29) is 11.8 Å². The first-order chi connectivity index (χ1) is 6.41.